The Labute approximate surface area is 106 Å². The summed E-state index contributed by atoms with van der Waals surface area (Å²) in [5.41, 5.74) is -0.284. The Morgan fingerprint density at radius 2 is 1.94 bits per heavy atom. The van der Waals surface area contributed by atoms with Gasteiger partial charge in [0.25, 0.3) is 5.91 Å². The minimum atomic E-state index is -0.950. The Morgan fingerprint density at radius 3 is 2.56 bits per heavy atom. The molecule has 0 aliphatic heterocycles. The number of hydrogen-bond donors (Lipinski definition) is 1. The van der Waals surface area contributed by atoms with Gasteiger partial charge in [0.1, 0.15) is 11.6 Å². The molecule has 7 heteroatoms. The number of carbonyl (C=O) groups is 1. The Hall–Kier alpha value is -2.08. The van der Waals surface area contributed by atoms with Crippen molar-refractivity contribution in [1.82, 2.24) is 10.2 Å². The molecule has 18 heavy (non-hydrogen) atoms. The monoisotopic (exact) mass is 269 g/mol. The lowest BCUT2D eigenvalue weighted by molar-refractivity contribution is 0.102. The van der Waals surface area contributed by atoms with Crippen LogP contribution in [0.15, 0.2) is 30.3 Å². The summed E-state index contributed by atoms with van der Waals surface area (Å²) in [5, 5.41) is 9.57. The van der Waals surface area contributed by atoms with E-state index in [9.17, 15) is 13.6 Å². The molecule has 0 bridgehead atoms. The lowest BCUT2D eigenvalue weighted by atomic mass is 10.2. The highest BCUT2D eigenvalue weighted by molar-refractivity contribution is 6.29. The van der Waals surface area contributed by atoms with Crippen molar-refractivity contribution in [2.24, 2.45) is 0 Å². The first-order valence-corrected chi connectivity index (χ1v) is 5.19. The molecule has 0 fully saturated rings. The fraction of sp³-hybridized carbons (Fsp3) is 0. The van der Waals surface area contributed by atoms with E-state index in [4.69, 9.17) is 11.6 Å². The summed E-state index contributed by atoms with van der Waals surface area (Å²) in [4.78, 5) is 11.7. The van der Waals surface area contributed by atoms with Crippen LogP contribution >= 0.6 is 11.6 Å². The van der Waals surface area contributed by atoms with Gasteiger partial charge in [-0.2, -0.15) is 0 Å². The maximum absolute atomic E-state index is 13.3. The van der Waals surface area contributed by atoms with Gasteiger partial charge in [0, 0.05) is 6.07 Å². The highest BCUT2D eigenvalue weighted by atomic mass is 35.5. The second kappa shape index (κ2) is 5.05. The molecule has 1 aromatic heterocycles. The second-order valence-electron chi connectivity index (χ2n) is 3.32. The van der Waals surface area contributed by atoms with Crippen LogP contribution in [0, 0.1) is 11.6 Å². The fourth-order valence-electron chi connectivity index (χ4n) is 1.24. The number of rotatable bonds is 2. The van der Waals surface area contributed by atoms with Crippen LogP contribution in [0.25, 0.3) is 0 Å². The summed E-state index contributed by atoms with van der Waals surface area (Å²) in [5.74, 6) is -2.33. The molecule has 0 radical (unpaired) electrons. The summed E-state index contributed by atoms with van der Waals surface area (Å²) >= 11 is 5.52. The zero-order valence-corrected chi connectivity index (χ0v) is 9.58. The average molecular weight is 270 g/mol. The minimum Gasteiger partial charge on any atom is -0.305 e. The zero-order valence-electron chi connectivity index (χ0n) is 8.82. The molecule has 0 aliphatic carbocycles. The summed E-state index contributed by atoms with van der Waals surface area (Å²) in [6.45, 7) is 0. The highest BCUT2D eigenvalue weighted by Crippen LogP contribution is 2.12. The van der Waals surface area contributed by atoms with Crippen molar-refractivity contribution in [3.05, 3.63) is 52.7 Å². The maximum atomic E-state index is 13.3. The lowest BCUT2D eigenvalue weighted by Gasteiger charge is -2.04. The summed E-state index contributed by atoms with van der Waals surface area (Å²) in [6, 6.07) is 5.50. The predicted octanol–water partition coefficient (Wildman–Crippen LogP) is 2.66. The van der Waals surface area contributed by atoms with E-state index in [2.05, 4.69) is 15.5 Å². The first-order chi connectivity index (χ1) is 8.56. The van der Waals surface area contributed by atoms with Gasteiger partial charge in [-0.15, -0.1) is 10.2 Å². The molecule has 2 aromatic rings. The predicted molar refractivity (Wildman–Crippen MR) is 61.4 cm³/mol. The van der Waals surface area contributed by atoms with E-state index >= 15 is 0 Å². The van der Waals surface area contributed by atoms with E-state index in [1.807, 2.05) is 0 Å². The van der Waals surface area contributed by atoms with E-state index in [0.29, 0.717) is 6.07 Å². The number of nitrogens with zero attached hydrogens (tertiary/aromatic N) is 2. The molecule has 4 nitrogen and oxygen atoms in total. The van der Waals surface area contributed by atoms with E-state index in [1.54, 1.807) is 0 Å². The molecule has 1 N–H and O–H groups in total. The fourth-order valence-corrected chi connectivity index (χ4v) is 1.34. The SMILES string of the molecule is O=C(Nc1ccc(Cl)nn1)c1ccc(F)cc1F. The standard InChI is InChI=1S/C11H6ClF2N3O/c12-9-3-4-10(17-16-9)15-11(18)7-2-1-6(13)5-8(7)14/h1-5H,(H,15,17,18). The van der Waals surface area contributed by atoms with Gasteiger partial charge < -0.3 is 5.32 Å². The van der Waals surface area contributed by atoms with Crippen molar-refractivity contribution in [2.45, 2.75) is 0 Å². The van der Waals surface area contributed by atoms with Crippen LogP contribution in [0.5, 0.6) is 0 Å². The highest BCUT2D eigenvalue weighted by Gasteiger charge is 2.13. The number of nitrogens with one attached hydrogen (secondary N) is 1. The number of halogens is 3. The third kappa shape index (κ3) is 2.78. The van der Waals surface area contributed by atoms with Crippen LogP contribution in [0.3, 0.4) is 0 Å². The zero-order chi connectivity index (χ0) is 13.1. The summed E-state index contributed by atoms with van der Waals surface area (Å²) in [6.07, 6.45) is 0. The summed E-state index contributed by atoms with van der Waals surface area (Å²) < 4.78 is 26.0. The van der Waals surface area contributed by atoms with E-state index in [0.717, 1.165) is 12.1 Å². The third-order valence-electron chi connectivity index (χ3n) is 2.05. The van der Waals surface area contributed by atoms with Crippen LogP contribution < -0.4 is 5.32 Å². The van der Waals surface area contributed by atoms with Crippen molar-refractivity contribution in [3.63, 3.8) is 0 Å². The molecular formula is C11H6ClF2N3O. The number of amides is 1. The van der Waals surface area contributed by atoms with Crippen LogP contribution in [0.2, 0.25) is 5.15 Å². The molecule has 0 saturated heterocycles. The van der Waals surface area contributed by atoms with Gasteiger partial charge in [0.2, 0.25) is 0 Å². The van der Waals surface area contributed by atoms with Crippen LogP contribution in [-0.4, -0.2) is 16.1 Å². The lowest BCUT2D eigenvalue weighted by Crippen LogP contribution is -2.15. The van der Waals surface area contributed by atoms with Gasteiger partial charge in [-0.25, -0.2) is 8.78 Å². The number of hydrogen-bond acceptors (Lipinski definition) is 3. The van der Waals surface area contributed by atoms with E-state index in [-0.39, 0.29) is 16.5 Å². The van der Waals surface area contributed by atoms with E-state index < -0.39 is 17.5 Å². The molecule has 1 aromatic carbocycles. The van der Waals surface area contributed by atoms with Gasteiger partial charge in [-0.3, -0.25) is 4.79 Å². The smallest absolute Gasteiger partial charge is 0.259 e. The Morgan fingerprint density at radius 1 is 1.17 bits per heavy atom. The van der Waals surface area contributed by atoms with Gasteiger partial charge >= 0.3 is 0 Å². The van der Waals surface area contributed by atoms with Crippen molar-refractivity contribution >= 4 is 23.3 Å². The minimum absolute atomic E-state index is 0.119. The Balaban J connectivity index is 2.19. The van der Waals surface area contributed by atoms with Crippen molar-refractivity contribution in [2.75, 3.05) is 5.32 Å². The summed E-state index contributed by atoms with van der Waals surface area (Å²) in [7, 11) is 0. The van der Waals surface area contributed by atoms with Crippen LogP contribution in [0.1, 0.15) is 10.4 Å². The molecule has 0 saturated carbocycles. The van der Waals surface area contributed by atoms with Crippen molar-refractivity contribution in [1.29, 1.82) is 0 Å². The molecule has 0 spiro atoms. The van der Waals surface area contributed by atoms with Crippen LogP contribution in [0.4, 0.5) is 14.6 Å². The third-order valence-corrected chi connectivity index (χ3v) is 2.25. The quantitative estimate of drug-likeness (QED) is 0.912. The van der Waals surface area contributed by atoms with Gasteiger partial charge in [0.15, 0.2) is 11.0 Å². The first kappa shape index (κ1) is 12.4. The molecule has 0 aliphatic rings. The number of anilines is 1. The van der Waals surface area contributed by atoms with Crippen LogP contribution in [-0.2, 0) is 0 Å². The average Bonchev–Trinajstić information content (AvgIpc) is 2.32. The molecule has 92 valence electrons. The second-order valence-corrected chi connectivity index (χ2v) is 3.71. The van der Waals surface area contributed by atoms with Gasteiger partial charge in [0.05, 0.1) is 5.56 Å². The van der Waals surface area contributed by atoms with Crippen molar-refractivity contribution in [3.8, 4) is 0 Å². The molecule has 2 rings (SSSR count). The van der Waals surface area contributed by atoms with Gasteiger partial charge in [-0.1, -0.05) is 11.6 Å². The first-order valence-electron chi connectivity index (χ1n) is 4.82. The molecule has 1 heterocycles. The largest absolute Gasteiger partial charge is 0.305 e. The molecule has 1 amide bonds. The number of aromatic nitrogens is 2. The van der Waals surface area contributed by atoms with Crippen molar-refractivity contribution < 1.29 is 13.6 Å². The van der Waals surface area contributed by atoms with E-state index in [1.165, 1.54) is 12.1 Å². The molecular weight excluding hydrogens is 264 g/mol. The number of benzene rings is 1. The Bertz CT molecular complexity index is 589. The number of carbonyl (C=O) groups excluding carboxylic acids is 1. The Kier molecular flexibility index (Phi) is 3.47. The maximum Gasteiger partial charge on any atom is 0.259 e. The molecule has 0 unspecified atom stereocenters. The van der Waals surface area contributed by atoms with Gasteiger partial charge in [-0.05, 0) is 24.3 Å². The topological polar surface area (TPSA) is 54.9 Å². The normalized spacial score (nSPS) is 10.2. The molecule has 0 atom stereocenters.